The summed E-state index contributed by atoms with van der Waals surface area (Å²) >= 11 is 0. The normalized spacial score (nSPS) is 25.0. The number of aryl methyl sites for hydroxylation is 1. The van der Waals surface area contributed by atoms with E-state index in [0.29, 0.717) is 0 Å². The second-order valence-corrected chi connectivity index (χ2v) is 11.3. The molecule has 0 amide bonds. The van der Waals surface area contributed by atoms with Gasteiger partial charge in [-0.2, -0.15) is 8.42 Å². The van der Waals surface area contributed by atoms with E-state index in [1.54, 1.807) is 6.92 Å². The number of hydrogen-bond donors (Lipinski definition) is 0. The minimum absolute atomic E-state index is 0.207. The van der Waals surface area contributed by atoms with Crippen LogP contribution in [-0.4, -0.2) is 87.0 Å². The highest BCUT2D eigenvalue weighted by molar-refractivity contribution is 7.86. The third-order valence-electron chi connectivity index (χ3n) is 6.07. The largest absolute Gasteiger partial charge is 0.454 e. The molecule has 238 valence electrons. The highest BCUT2D eigenvalue weighted by Crippen LogP contribution is 2.44. The molecule has 3 unspecified atom stereocenters. The van der Waals surface area contributed by atoms with E-state index in [0.717, 1.165) is 47.1 Å². The molecule has 43 heavy (non-hydrogen) atoms. The zero-order chi connectivity index (χ0) is 32.7. The van der Waals surface area contributed by atoms with Crippen LogP contribution >= 0.6 is 0 Å². The molecular weight excluding hydrogens is 596 g/mol. The Kier molecular flexibility index (Phi) is 11.8. The van der Waals surface area contributed by atoms with E-state index in [1.165, 1.54) is 24.3 Å². The lowest BCUT2D eigenvalue weighted by Crippen LogP contribution is -2.75. The summed E-state index contributed by atoms with van der Waals surface area (Å²) in [7, 11) is -4.40. The van der Waals surface area contributed by atoms with Crippen LogP contribution < -0.4 is 0 Å². The highest BCUT2D eigenvalue weighted by Gasteiger charge is 2.69. The Labute approximate surface area is 248 Å². The number of esters is 6. The topological polar surface area (TPSA) is 201 Å². The van der Waals surface area contributed by atoms with Crippen molar-refractivity contribution in [3.05, 3.63) is 29.8 Å². The minimum Gasteiger partial charge on any atom is -0.454 e. The van der Waals surface area contributed by atoms with Crippen LogP contribution in [0.2, 0.25) is 0 Å². The molecule has 15 nitrogen and oxygen atoms in total. The third-order valence-corrected chi connectivity index (χ3v) is 7.40. The van der Waals surface area contributed by atoms with Crippen LogP contribution in [-0.2, 0) is 71.5 Å². The SMILES string of the molecule is CC(=O)OC1C(OC(C)=O)[C@](CCOS(=O)(=O)c2ccc(C)cc2)(OC(C)=O)[C@@H](OC(C)=O)C(OC(C)=O)[C@H]1OC(C)=O. The van der Waals surface area contributed by atoms with Gasteiger partial charge in [-0.3, -0.25) is 33.0 Å². The summed E-state index contributed by atoms with van der Waals surface area (Å²) in [6, 6.07) is 5.67. The van der Waals surface area contributed by atoms with E-state index in [9.17, 15) is 37.2 Å². The van der Waals surface area contributed by atoms with E-state index in [4.69, 9.17) is 32.6 Å². The van der Waals surface area contributed by atoms with Crippen LogP contribution in [0.5, 0.6) is 0 Å². The second-order valence-electron chi connectivity index (χ2n) is 9.67. The zero-order valence-electron chi connectivity index (χ0n) is 24.6. The van der Waals surface area contributed by atoms with Gasteiger partial charge in [-0.25, -0.2) is 0 Å². The summed E-state index contributed by atoms with van der Waals surface area (Å²) in [6.07, 6.45) is -9.94. The van der Waals surface area contributed by atoms with E-state index in [-0.39, 0.29) is 4.90 Å². The predicted octanol–water partition coefficient (Wildman–Crippen LogP) is 1.06. The highest BCUT2D eigenvalue weighted by atomic mass is 32.2. The number of hydrogen-bond acceptors (Lipinski definition) is 15. The Bertz CT molecular complexity index is 1290. The lowest BCUT2D eigenvalue weighted by Gasteiger charge is -2.53. The number of carbonyl (C=O) groups is 6. The third kappa shape index (κ3) is 9.22. The van der Waals surface area contributed by atoms with Crippen molar-refractivity contribution in [2.24, 2.45) is 0 Å². The first-order valence-electron chi connectivity index (χ1n) is 12.9. The Morgan fingerprint density at radius 3 is 1.40 bits per heavy atom. The van der Waals surface area contributed by atoms with Gasteiger partial charge in [0.25, 0.3) is 10.1 Å². The van der Waals surface area contributed by atoms with Gasteiger partial charge in [-0.15, -0.1) is 0 Å². The van der Waals surface area contributed by atoms with E-state index >= 15 is 0 Å². The van der Waals surface area contributed by atoms with Crippen LogP contribution in [0.25, 0.3) is 0 Å². The number of rotatable bonds is 11. The molecule has 6 atom stereocenters. The van der Waals surface area contributed by atoms with Crippen molar-refractivity contribution in [1.82, 2.24) is 0 Å². The molecule has 1 aromatic carbocycles. The molecule has 0 spiro atoms. The standard InChI is InChI=1S/C27H34O15S/c1-14-8-10-21(11-9-14)43(34,35)36-13-12-27(42-20(7)33)25(40-18(5)31)23(38-16(3)29)22(37-15(2)28)24(39-17(4)30)26(27)41-19(6)32/h8-11,22-26H,12-13H2,1-7H3/t22-,23?,24?,25+,26?,27-/m1/s1. The summed E-state index contributed by atoms with van der Waals surface area (Å²) < 4.78 is 63.7. The fourth-order valence-corrected chi connectivity index (χ4v) is 5.62. The molecule has 0 aromatic heterocycles. The molecule has 1 aromatic rings. The summed E-state index contributed by atoms with van der Waals surface area (Å²) in [5.74, 6) is -6.01. The number of benzene rings is 1. The maximum Gasteiger partial charge on any atom is 0.303 e. The monoisotopic (exact) mass is 630 g/mol. The molecule has 0 saturated heterocycles. The summed E-state index contributed by atoms with van der Waals surface area (Å²) in [5, 5.41) is 0. The maximum absolute atomic E-state index is 12.9. The quantitative estimate of drug-likeness (QED) is 0.191. The Balaban J connectivity index is 2.81. The number of carbonyl (C=O) groups excluding carboxylic acids is 6. The first-order chi connectivity index (χ1) is 19.9. The second kappa shape index (κ2) is 14.4. The smallest absolute Gasteiger partial charge is 0.303 e. The summed E-state index contributed by atoms with van der Waals surface area (Å²) in [5.41, 5.74) is -1.65. The molecule has 0 aliphatic heterocycles. The Morgan fingerprint density at radius 2 is 1.02 bits per heavy atom. The van der Waals surface area contributed by atoms with E-state index < -0.39 is 95.1 Å². The molecule has 2 rings (SSSR count). The molecule has 1 saturated carbocycles. The molecule has 0 N–H and O–H groups in total. The lowest BCUT2D eigenvalue weighted by atomic mass is 9.72. The van der Waals surface area contributed by atoms with Gasteiger partial charge in [0, 0.05) is 48.0 Å². The van der Waals surface area contributed by atoms with Gasteiger partial charge in [0.1, 0.15) is 0 Å². The van der Waals surface area contributed by atoms with Crippen molar-refractivity contribution in [2.75, 3.05) is 6.61 Å². The predicted molar refractivity (Wildman–Crippen MR) is 141 cm³/mol. The van der Waals surface area contributed by atoms with Gasteiger partial charge in [0.05, 0.1) is 11.5 Å². The molecule has 16 heteroatoms. The van der Waals surface area contributed by atoms with Gasteiger partial charge in [0.15, 0.2) is 36.1 Å². The summed E-state index contributed by atoms with van der Waals surface area (Å²) in [4.78, 5) is 73.6. The minimum atomic E-state index is -4.40. The van der Waals surface area contributed by atoms with Crippen molar-refractivity contribution < 1.29 is 69.8 Å². The Morgan fingerprint density at radius 1 is 0.628 bits per heavy atom. The Hall–Kier alpha value is -4.05. The first-order valence-corrected chi connectivity index (χ1v) is 14.3. The molecule has 1 aliphatic rings. The average Bonchev–Trinajstić information content (AvgIpc) is 2.85. The van der Waals surface area contributed by atoms with Gasteiger partial charge in [-0.1, -0.05) is 17.7 Å². The fraction of sp³-hybridized carbons (Fsp3) is 0.556. The van der Waals surface area contributed by atoms with Crippen molar-refractivity contribution >= 4 is 45.9 Å². The van der Waals surface area contributed by atoms with Crippen LogP contribution in [0.1, 0.15) is 53.5 Å². The van der Waals surface area contributed by atoms with Crippen molar-refractivity contribution in [3.8, 4) is 0 Å². The van der Waals surface area contributed by atoms with Crippen molar-refractivity contribution in [2.45, 2.75) is 95.9 Å². The molecule has 0 heterocycles. The summed E-state index contributed by atoms with van der Waals surface area (Å²) in [6.45, 7) is 6.75. The molecule has 1 aliphatic carbocycles. The average molecular weight is 631 g/mol. The first kappa shape index (κ1) is 35.1. The van der Waals surface area contributed by atoms with Crippen molar-refractivity contribution in [3.63, 3.8) is 0 Å². The zero-order valence-corrected chi connectivity index (χ0v) is 25.5. The van der Waals surface area contributed by atoms with E-state index in [2.05, 4.69) is 0 Å². The van der Waals surface area contributed by atoms with Gasteiger partial charge < -0.3 is 28.4 Å². The molecule has 0 bridgehead atoms. The molecule has 1 fully saturated rings. The van der Waals surface area contributed by atoms with Crippen LogP contribution in [0, 0.1) is 6.92 Å². The van der Waals surface area contributed by atoms with Crippen LogP contribution in [0.3, 0.4) is 0 Å². The van der Waals surface area contributed by atoms with Gasteiger partial charge >= 0.3 is 35.8 Å². The van der Waals surface area contributed by atoms with E-state index in [1.807, 2.05) is 0 Å². The molecule has 0 radical (unpaired) electrons. The fourth-order valence-electron chi connectivity index (χ4n) is 4.71. The maximum atomic E-state index is 12.9. The van der Waals surface area contributed by atoms with Crippen LogP contribution in [0.4, 0.5) is 0 Å². The van der Waals surface area contributed by atoms with Gasteiger partial charge in [0.2, 0.25) is 0 Å². The van der Waals surface area contributed by atoms with Crippen molar-refractivity contribution in [1.29, 1.82) is 0 Å². The molecular formula is C27H34O15S. The lowest BCUT2D eigenvalue weighted by molar-refractivity contribution is -0.292. The number of ether oxygens (including phenoxy) is 6. The van der Waals surface area contributed by atoms with Gasteiger partial charge in [-0.05, 0) is 19.1 Å². The van der Waals surface area contributed by atoms with Crippen LogP contribution in [0.15, 0.2) is 29.2 Å².